The molecule has 5 rings (SSSR count). The summed E-state index contributed by atoms with van der Waals surface area (Å²) in [4.78, 5) is 40.1. The second-order valence-corrected chi connectivity index (χ2v) is 10.9. The number of aromatic nitrogens is 5. The van der Waals surface area contributed by atoms with Gasteiger partial charge in [-0.2, -0.15) is 15.3 Å². The third kappa shape index (κ3) is 8.32. The van der Waals surface area contributed by atoms with Gasteiger partial charge in [-0.3, -0.25) is 14.4 Å². The van der Waals surface area contributed by atoms with E-state index in [4.69, 9.17) is 4.98 Å². The molecule has 3 heterocycles. The van der Waals surface area contributed by atoms with Gasteiger partial charge in [0.15, 0.2) is 0 Å². The van der Waals surface area contributed by atoms with Crippen molar-refractivity contribution in [2.24, 2.45) is 7.05 Å². The molecule has 0 atom stereocenters. The molecule has 1 aromatic carbocycles. The number of benzene rings is 1. The van der Waals surface area contributed by atoms with Crippen LogP contribution in [0.5, 0.6) is 0 Å². The first-order chi connectivity index (χ1) is 21.9. The number of nitrogens with zero attached hydrogens (tertiary/aromatic N) is 7. The molecule has 1 saturated carbocycles. The van der Waals surface area contributed by atoms with Crippen molar-refractivity contribution in [2.45, 2.75) is 51.2 Å². The molecule has 13 nitrogen and oxygen atoms in total. The number of nitriles is 1. The molecule has 1 fully saturated rings. The molecule has 232 valence electrons. The second kappa shape index (κ2) is 14.8. The van der Waals surface area contributed by atoms with Crippen LogP contribution in [0.25, 0.3) is 11.1 Å². The minimum absolute atomic E-state index is 0.0524. The van der Waals surface area contributed by atoms with Crippen molar-refractivity contribution in [3.05, 3.63) is 78.4 Å². The second-order valence-electron chi connectivity index (χ2n) is 10.9. The van der Waals surface area contributed by atoms with Crippen LogP contribution in [0, 0.1) is 11.3 Å². The molecule has 3 aromatic heterocycles. The minimum atomic E-state index is -0.192. The summed E-state index contributed by atoms with van der Waals surface area (Å²) >= 11 is 0. The molecule has 0 spiro atoms. The Morgan fingerprint density at radius 1 is 0.978 bits per heavy atom. The predicted octanol–water partition coefficient (Wildman–Crippen LogP) is 3.83. The molecule has 0 bridgehead atoms. The number of carbonyl (C=O) groups excluding carboxylic acids is 2. The van der Waals surface area contributed by atoms with Crippen molar-refractivity contribution >= 4 is 29.5 Å². The zero-order chi connectivity index (χ0) is 31.6. The van der Waals surface area contributed by atoms with E-state index in [-0.39, 0.29) is 24.0 Å². The number of amides is 3. The van der Waals surface area contributed by atoms with E-state index in [1.165, 1.54) is 13.1 Å². The summed E-state index contributed by atoms with van der Waals surface area (Å²) in [6.07, 6.45) is 10.1. The van der Waals surface area contributed by atoms with Crippen LogP contribution in [0.15, 0.2) is 67.3 Å². The van der Waals surface area contributed by atoms with Gasteiger partial charge in [-0.25, -0.2) is 14.8 Å². The topological polar surface area (TPSA) is 166 Å². The van der Waals surface area contributed by atoms with E-state index in [2.05, 4.69) is 42.4 Å². The van der Waals surface area contributed by atoms with E-state index in [0.29, 0.717) is 42.8 Å². The van der Waals surface area contributed by atoms with Gasteiger partial charge in [0, 0.05) is 69.2 Å². The smallest absolute Gasteiger partial charge is 0.323 e. The van der Waals surface area contributed by atoms with Crippen LogP contribution >= 0.6 is 0 Å². The van der Waals surface area contributed by atoms with Crippen LogP contribution in [0.2, 0.25) is 0 Å². The number of carbonyl (C=O) groups is 2. The van der Waals surface area contributed by atoms with Crippen molar-refractivity contribution in [1.29, 1.82) is 5.26 Å². The summed E-state index contributed by atoms with van der Waals surface area (Å²) in [5, 5.41) is 26.0. The van der Waals surface area contributed by atoms with Gasteiger partial charge in [0.05, 0.1) is 12.4 Å². The molecule has 4 aromatic rings. The lowest BCUT2D eigenvalue weighted by Gasteiger charge is -2.36. The molecule has 45 heavy (non-hydrogen) atoms. The maximum atomic E-state index is 13.7. The lowest BCUT2D eigenvalue weighted by molar-refractivity contribution is -0.118. The summed E-state index contributed by atoms with van der Waals surface area (Å²) in [7, 11) is 1.87. The fourth-order valence-corrected chi connectivity index (χ4v) is 5.33. The van der Waals surface area contributed by atoms with E-state index in [9.17, 15) is 14.9 Å². The van der Waals surface area contributed by atoms with Crippen LogP contribution in [0.3, 0.4) is 0 Å². The standard InChI is InChI=1S/C32H37N11O2/c1-22(44)34-14-15-35-30-25(16-33)19-37-31(41-30)40-27-9-11-28(12-10-27)43(32(45)38-17-23-6-4-3-5-7-23)29-13-8-24(18-36-29)26-20-39-42(2)21-26/h3-8,13,18-21,27-28H,9-12,14-15,17H2,1-2H3,(H,34,44)(H,38,45)(H2,35,37,40,41)/t27-,28-. The molecule has 0 saturated heterocycles. The molecule has 3 amide bonds. The fourth-order valence-electron chi connectivity index (χ4n) is 5.33. The van der Waals surface area contributed by atoms with Crippen LogP contribution in [0.4, 0.5) is 22.4 Å². The number of anilines is 3. The highest BCUT2D eigenvalue weighted by Gasteiger charge is 2.31. The number of aryl methyl sites for hydroxylation is 1. The zero-order valence-electron chi connectivity index (χ0n) is 25.4. The van der Waals surface area contributed by atoms with Gasteiger partial charge in [-0.1, -0.05) is 30.3 Å². The third-order valence-electron chi connectivity index (χ3n) is 7.63. The highest BCUT2D eigenvalue weighted by molar-refractivity contribution is 5.91. The third-order valence-corrected chi connectivity index (χ3v) is 7.63. The maximum absolute atomic E-state index is 13.7. The molecule has 1 aliphatic rings. The Balaban J connectivity index is 1.25. The predicted molar refractivity (Wildman–Crippen MR) is 171 cm³/mol. The van der Waals surface area contributed by atoms with E-state index in [1.54, 1.807) is 22.0 Å². The van der Waals surface area contributed by atoms with Gasteiger partial charge in [0.25, 0.3) is 0 Å². The minimum Gasteiger partial charge on any atom is -0.367 e. The summed E-state index contributed by atoms with van der Waals surface area (Å²) in [5.74, 6) is 1.30. The maximum Gasteiger partial charge on any atom is 0.323 e. The van der Waals surface area contributed by atoms with Gasteiger partial charge in [-0.05, 0) is 43.4 Å². The largest absolute Gasteiger partial charge is 0.367 e. The van der Waals surface area contributed by atoms with Gasteiger partial charge < -0.3 is 21.3 Å². The van der Waals surface area contributed by atoms with Crippen molar-refractivity contribution in [2.75, 3.05) is 28.6 Å². The summed E-state index contributed by atoms with van der Waals surface area (Å²) in [6, 6.07) is 15.6. The van der Waals surface area contributed by atoms with Crippen molar-refractivity contribution < 1.29 is 9.59 Å². The van der Waals surface area contributed by atoms with Crippen LogP contribution in [-0.2, 0) is 18.4 Å². The molecular weight excluding hydrogens is 570 g/mol. The number of urea groups is 1. The van der Waals surface area contributed by atoms with Crippen LogP contribution in [0.1, 0.15) is 43.7 Å². The molecule has 0 aliphatic heterocycles. The highest BCUT2D eigenvalue weighted by atomic mass is 16.2. The molecule has 13 heteroatoms. The number of hydrogen-bond acceptors (Lipinski definition) is 9. The number of nitrogens with one attached hydrogen (secondary N) is 4. The van der Waals surface area contributed by atoms with Crippen LogP contribution in [-0.4, -0.2) is 61.8 Å². The normalized spacial score (nSPS) is 15.8. The monoisotopic (exact) mass is 607 g/mol. The summed E-state index contributed by atoms with van der Waals surface area (Å²) in [6.45, 7) is 2.70. The van der Waals surface area contributed by atoms with Gasteiger partial charge in [-0.15, -0.1) is 0 Å². The fraction of sp³-hybridized carbons (Fsp3) is 0.344. The number of pyridine rings is 1. The Bertz CT molecular complexity index is 1630. The Morgan fingerprint density at radius 2 is 1.78 bits per heavy atom. The number of rotatable bonds is 11. The van der Waals surface area contributed by atoms with Crippen molar-refractivity contribution in [3.63, 3.8) is 0 Å². The lowest BCUT2D eigenvalue weighted by atomic mass is 9.90. The molecule has 1 aliphatic carbocycles. The SMILES string of the molecule is CC(=O)NCCNc1nc(N[C@H]2CC[C@H](N(C(=O)NCc3ccccc3)c3ccc(-c4cnn(C)c4)cn3)CC2)ncc1C#N. The Hall–Kier alpha value is -5.51. The van der Waals surface area contributed by atoms with E-state index >= 15 is 0 Å². The van der Waals surface area contributed by atoms with Gasteiger partial charge >= 0.3 is 6.03 Å². The lowest BCUT2D eigenvalue weighted by Crippen LogP contribution is -2.49. The molecule has 0 radical (unpaired) electrons. The Kier molecular flexibility index (Phi) is 10.2. The summed E-state index contributed by atoms with van der Waals surface area (Å²) < 4.78 is 1.74. The first kappa shape index (κ1) is 30.9. The van der Waals surface area contributed by atoms with E-state index in [0.717, 1.165) is 42.4 Å². The Labute approximate surface area is 262 Å². The van der Waals surface area contributed by atoms with E-state index in [1.807, 2.05) is 55.7 Å². The Morgan fingerprint density at radius 3 is 2.44 bits per heavy atom. The van der Waals surface area contributed by atoms with E-state index < -0.39 is 0 Å². The first-order valence-electron chi connectivity index (χ1n) is 15.0. The van der Waals surface area contributed by atoms with Crippen molar-refractivity contribution in [1.82, 2.24) is 35.4 Å². The van der Waals surface area contributed by atoms with Crippen molar-refractivity contribution in [3.8, 4) is 17.2 Å². The first-order valence-corrected chi connectivity index (χ1v) is 15.0. The number of hydrogen-bond donors (Lipinski definition) is 4. The van der Waals surface area contributed by atoms with Gasteiger partial charge in [0.2, 0.25) is 11.9 Å². The van der Waals surface area contributed by atoms with Crippen LogP contribution < -0.4 is 26.2 Å². The average molecular weight is 608 g/mol. The molecule has 4 N–H and O–H groups in total. The molecule has 0 unspecified atom stereocenters. The average Bonchev–Trinajstić information content (AvgIpc) is 3.50. The zero-order valence-corrected chi connectivity index (χ0v) is 25.4. The van der Waals surface area contributed by atoms with Gasteiger partial charge in [0.1, 0.15) is 23.3 Å². The molecular formula is C32H37N11O2. The highest BCUT2D eigenvalue weighted by Crippen LogP contribution is 2.29. The summed E-state index contributed by atoms with van der Waals surface area (Å²) in [5.41, 5.74) is 3.23. The quantitative estimate of drug-likeness (QED) is 0.185.